The maximum Gasteiger partial charge on any atom is 0.227 e. The zero-order valence-electron chi connectivity index (χ0n) is 10.7. The number of amides is 1. The van der Waals surface area contributed by atoms with Gasteiger partial charge < -0.3 is 4.90 Å². The van der Waals surface area contributed by atoms with Crippen molar-refractivity contribution in [3.05, 3.63) is 24.8 Å². The summed E-state index contributed by atoms with van der Waals surface area (Å²) < 4.78 is 0. The van der Waals surface area contributed by atoms with Gasteiger partial charge in [0.2, 0.25) is 5.91 Å². The van der Waals surface area contributed by atoms with Crippen molar-refractivity contribution in [2.45, 2.75) is 30.8 Å². The molecule has 2 unspecified atom stereocenters. The van der Waals surface area contributed by atoms with Crippen molar-refractivity contribution in [3.8, 4) is 0 Å². The van der Waals surface area contributed by atoms with Crippen LogP contribution in [0.2, 0.25) is 0 Å². The van der Waals surface area contributed by atoms with Crippen LogP contribution in [0.25, 0.3) is 0 Å². The zero-order valence-corrected chi connectivity index (χ0v) is 10.7. The number of hydrogen-bond acceptors (Lipinski definition) is 2. The van der Waals surface area contributed by atoms with E-state index in [1.165, 1.54) is 19.5 Å². The van der Waals surface area contributed by atoms with Crippen LogP contribution in [0.15, 0.2) is 24.8 Å². The Bertz CT molecular complexity index is 444. The quantitative estimate of drug-likeness (QED) is 0.686. The van der Waals surface area contributed by atoms with E-state index in [2.05, 4.69) is 28.5 Å². The Hall–Kier alpha value is -1.09. The minimum atomic E-state index is -0.00345. The normalized spacial score (nSPS) is 48.4. The van der Waals surface area contributed by atoms with Crippen LogP contribution in [0.5, 0.6) is 0 Å². The summed E-state index contributed by atoms with van der Waals surface area (Å²) in [7, 11) is 0. The second-order valence-corrected chi connectivity index (χ2v) is 6.29. The number of carbonyl (C=O) groups is 1. The molecule has 4 rings (SSSR count). The summed E-state index contributed by atoms with van der Waals surface area (Å²) >= 11 is 0. The summed E-state index contributed by atoms with van der Waals surface area (Å²) in [6.07, 6.45) is 9.39. The Morgan fingerprint density at radius 1 is 1.44 bits per heavy atom. The third-order valence-corrected chi connectivity index (χ3v) is 5.47. The van der Waals surface area contributed by atoms with Crippen LogP contribution in [0.4, 0.5) is 0 Å². The fraction of sp³-hybridized carbons (Fsp3) is 0.667. The summed E-state index contributed by atoms with van der Waals surface area (Å²) in [5.41, 5.74) is -0.00345. The topological polar surface area (TPSA) is 23.6 Å². The predicted molar refractivity (Wildman–Crippen MR) is 70.0 cm³/mol. The van der Waals surface area contributed by atoms with Gasteiger partial charge in [-0.05, 0) is 18.8 Å². The summed E-state index contributed by atoms with van der Waals surface area (Å²) in [6, 6.07) is 0.466. The van der Waals surface area contributed by atoms with Crippen LogP contribution in [0.3, 0.4) is 0 Å². The minimum Gasteiger partial charge on any atom is -0.331 e. The lowest BCUT2D eigenvalue weighted by Crippen LogP contribution is -2.63. The van der Waals surface area contributed by atoms with Crippen molar-refractivity contribution in [3.63, 3.8) is 0 Å². The van der Waals surface area contributed by atoms with Crippen molar-refractivity contribution in [1.29, 1.82) is 0 Å². The van der Waals surface area contributed by atoms with Gasteiger partial charge in [-0.25, -0.2) is 0 Å². The minimum absolute atomic E-state index is 0.00345. The van der Waals surface area contributed by atoms with E-state index >= 15 is 0 Å². The van der Waals surface area contributed by atoms with Crippen molar-refractivity contribution in [2.75, 3.05) is 19.6 Å². The van der Waals surface area contributed by atoms with Gasteiger partial charge in [0.05, 0.1) is 5.54 Å². The van der Waals surface area contributed by atoms with Crippen molar-refractivity contribution >= 4 is 5.91 Å². The largest absolute Gasteiger partial charge is 0.331 e. The van der Waals surface area contributed by atoms with Gasteiger partial charge in [-0.15, -0.1) is 6.58 Å². The van der Waals surface area contributed by atoms with Gasteiger partial charge in [-0.1, -0.05) is 18.2 Å². The maximum atomic E-state index is 12.3. The molecule has 0 aromatic rings. The van der Waals surface area contributed by atoms with Crippen LogP contribution in [-0.4, -0.2) is 46.9 Å². The van der Waals surface area contributed by atoms with Gasteiger partial charge in [0, 0.05) is 38.0 Å². The monoisotopic (exact) mass is 244 g/mol. The Morgan fingerprint density at radius 3 is 3.17 bits per heavy atom. The van der Waals surface area contributed by atoms with Crippen molar-refractivity contribution < 1.29 is 4.79 Å². The average molecular weight is 244 g/mol. The van der Waals surface area contributed by atoms with Crippen molar-refractivity contribution in [2.24, 2.45) is 11.8 Å². The number of fused-ring (bicyclic) bond motifs is 2. The van der Waals surface area contributed by atoms with E-state index in [0.717, 1.165) is 13.0 Å². The van der Waals surface area contributed by atoms with Gasteiger partial charge in [-0.2, -0.15) is 0 Å². The molecule has 4 aliphatic heterocycles. The lowest BCUT2D eigenvalue weighted by Gasteiger charge is -2.52. The van der Waals surface area contributed by atoms with E-state index in [1.807, 2.05) is 6.08 Å². The van der Waals surface area contributed by atoms with Crippen LogP contribution in [-0.2, 0) is 4.79 Å². The molecule has 0 aromatic carbocycles. The van der Waals surface area contributed by atoms with Crippen molar-refractivity contribution in [1.82, 2.24) is 9.80 Å². The first-order valence-electron chi connectivity index (χ1n) is 7.09. The van der Waals surface area contributed by atoms with E-state index in [-0.39, 0.29) is 5.54 Å². The molecule has 18 heavy (non-hydrogen) atoms. The summed E-state index contributed by atoms with van der Waals surface area (Å²) in [6.45, 7) is 7.24. The van der Waals surface area contributed by atoms with E-state index in [0.29, 0.717) is 30.2 Å². The molecule has 0 N–H and O–H groups in total. The molecule has 3 fully saturated rings. The molecule has 3 bridgehead atoms. The van der Waals surface area contributed by atoms with Gasteiger partial charge in [0.15, 0.2) is 0 Å². The highest BCUT2D eigenvalue weighted by Crippen LogP contribution is 2.53. The second-order valence-electron chi connectivity index (χ2n) is 6.29. The fourth-order valence-corrected chi connectivity index (χ4v) is 4.95. The number of rotatable bonds is 2. The van der Waals surface area contributed by atoms with Gasteiger partial charge in [-0.3, -0.25) is 9.69 Å². The zero-order chi connectivity index (χ0) is 12.3. The Balaban J connectivity index is 1.87. The smallest absolute Gasteiger partial charge is 0.227 e. The summed E-state index contributed by atoms with van der Waals surface area (Å²) in [5.74, 6) is 1.68. The number of nitrogens with zero attached hydrogens (tertiary/aromatic N) is 2. The molecule has 0 saturated carbocycles. The maximum absolute atomic E-state index is 12.3. The molecule has 1 spiro atoms. The molecule has 4 heterocycles. The van der Waals surface area contributed by atoms with E-state index < -0.39 is 0 Å². The van der Waals surface area contributed by atoms with Gasteiger partial charge >= 0.3 is 0 Å². The highest BCUT2D eigenvalue weighted by atomic mass is 16.2. The molecule has 3 saturated heterocycles. The third kappa shape index (κ3) is 1.11. The van der Waals surface area contributed by atoms with E-state index in [1.54, 1.807) is 0 Å². The SMILES string of the molecule is C=CC[C@@H]1N2CC3C[C@H](C2)[C@]12C=CCC(=O)N2C3. The molecule has 0 aromatic heterocycles. The van der Waals surface area contributed by atoms with Crippen LogP contribution >= 0.6 is 0 Å². The predicted octanol–water partition coefficient (Wildman–Crippen LogP) is 1.42. The van der Waals surface area contributed by atoms with Crippen LogP contribution in [0, 0.1) is 11.8 Å². The van der Waals surface area contributed by atoms with E-state index in [4.69, 9.17) is 0 Å². The highest BCUT2D eigenvalue weighted by molar-refractivity contribution is 5.81. The first kappa shape index (κ1) is 10.8. The fourth-order valence-electron chi connectivity index (χ4n) is 4.95. The van der Waals surface area contributed by atoms with Crippen LogP contribution < -0.4 is 0 Å². The second kappa shape index (κ2) is 3.47. The molecule has 0 aliphatic carbocycles. The van der Waals surface area contributed by atoms with Crippen LogP contribution in [0.1, 0.15) is 19.3 Å². The summed E-state index contributed by atoms with van der Waals surface area (Å²) in [4.78, 5) is 17.1. The Kier molecular flexibility index (Phi) is 2.08. The molecule has 4 aliphatic rings. The summed E-state index contributed by atoms with van der Waals surface area (Å²) in [5, 5.41) is 0. The first-order chi connectivity index (χ1) is 8.75. The molecule has 1 amide bonds. The average Bonchev–Trinajstić information content (AvgIpc) is 2.50. The highest BCUT2D eigenvalue weighted by Gasteiger charge is 2.62. The number of hydrogen-bond donors (Lipinski definition) is 0. The van der Waals surface area contributed by atoms with Gasteiger partial charge in [0.25, 0.3) is 0 Å². The molecular weight excluding hydrogens is 224 g/mol. The number of piperidine rings is 2. The molecule has 3 nitrogen and oxygen atoms in total. The van der Waals surface area contributed by atoms with E-state index in [9.17, 15) is 4.79 Å². The molecular formula is C15H20N2O. The third-order valence-electron chi connectivity index (χ3n) is 5.47. The number of carbonyl (C=O) groups excluding carboxylic acids is 1. The standard InChI is InChI=1S/C15H20N2O/c1-2-4-13-15-6-3-5-14(18)17(15)9-11-7-12(15)10-16(13)8-11/h2-3,6,11-13H,1,4-5,7-10H2/t11?,12-,13+,15-/m1/s1. The lowest BCUT2D eigenvalue weighted by molar-refractivity contribution is -0.141. The van der Waals surface area contributed by atoms with Gasteiger partial charge in [0.1, 0.15) is 0 Å². The molecule has 96 valence electrons. The first-order valence-corrected chi connectivity index (χ1v) is 7.09. The molecule has 5 atom stereocenters. The lowest BCUT2D eigenvalue weighted by atomic mass is 9.70. The Morgan fingerprint density at radius 2 is 2.33 bits per heavy atom. The Labute approximate surface area is 108 Å². The molecule has 3 heteroatoms. The molecule has 0 radical (unpaired) electrons.